The van der Waals surface area contributed by atoms with Gasteiger partial charge in [-0.2, -0.15) is 0 Å². The van der Waals surface area contributed by atoms with Crippen molar-refractivity contribution in [3.05, 3.63) is 60.8 Å². The molecule has 0 heterocycles. The Morgan fingerprint density at radius 2 is 0.552 bits per heavy atom. The summed E-state index contributed by atoms with van der Waals surface area (Å²) in [5, 5.41) is 0. The van der Waals surface area contributed by atoms with Crippen molar-refractivity contribution in [3.63, 3.8) is 0 Å². The smallest absolute Gasteiger partial charge is 0.306 e. The molecule has 0 radical (unpaired) electrons. The van der Waals surface area contributed by atoms with Crippen LogP contribution in [0.2, 0.25) is 0 Å². The van der Waals surface area contributed by atoms with Crippen molar-refractivity contribution in [2.24, 2.45) is 0 Å². The van der Waals surface area contributed by atoms with E-state index in [0.717, 1.165) is 89.9 Å². The van der Waals surface area contributed by atoms with Gasteiger partial charge in [-0.1, -0.05) is 229 Å². The van der Waals surface area contributed by atoms with Gasteiger partial charge in [-0.3, -0.25) is 14.4 Å². The van der Waals surface area contributed by atoms with Crippen molar-refractivity contribution in [3.8, 4) is 0 Å². The standard InChI is InChI=1S/C61H108O6/c1-4-7-10-13-16-19-22-25-28-30-32-33-36-39-42-45-48-51-54-60(63)66-57-58(56-65-59(62)53-50-47-44-41-38-35-27-24-21-18-15-12-9-6-3)67-61(64)55-52-49-46-43-40-37-34-31-29-26-23-20-17-14-11-8-5-2/h15,17-18,20,24,26-30,58H,4-14,16,19,21-23,25,31-57H2,1-3H3/b18-15-,20-17-,27-24-,29-26-,30-28-. The van der Waals surface area contributed by atoms with Gasteiger partial charge in [0.1, 0.15) is 13.2 Å². The zero-order valence-electron chi connectivity index (χ0n) is 44.4. The Balaban J connectivity index is 4.39. The Bertz CT molecular complexity index is 1210. The summed E-state index contributed by atoms with van der Waals surface area (Å²) in [6.07, 6.45) is 69.2. The summed E-state index contributed by atoms with van der Waals surface area (Å²) >= 11 is 0. The highest BCUT2D eigenvalue weighted by molar-refractivity contribution is 5.71. The molecule has 388 valence electrons. The quantitative estimate of drug-likeness (QED) is 0.0262. The molecule has 0 saturated carbocycles. The number of carbonyl (C=O) groups excluding carboxylic acids is 3. The van der Waals surface area contributed by atoms with Crippen molar-refractivity contribution in [2.75, 3.05) is 13.2 Å². The van der Waals surface area contributed by atoms with Gasteiger partial charge >= 0.3 is 17.9 Å². The minimum absolute atomic E-state index is 0.0835. The fraction of sp³-hybridized carbons (Fsp3) is 0.787. The van der Waals surface area contributed by atoms with E-state index in [4.69, 9.17) is 14.2 Å². The van der Waals surface area contributed by atoms with Crippen LogP contribution in [-0.2, 0) is 28.6 Å². The first-order valence-corrected chi connectivity index (χ1v) is 28.8. The fourth-order valence-electron chi connectivity index (χ4n) is 8.07. The molecule has 6 heteroatoms. The second-order valence-corrected chi connectivity index (χ2v) is 19.2. The molecule has 0 bridgehead atoms. The largest absolute Gasteiger partial charge is 0.462 e. The van der Waals surface area contributed by atoms with E-state index >= 15 is 0 Å². The van der Waals surface area contributed by atoms with Crippen LogP contribution >= 0.6 is 0 Å². The summed E-state index contributed by atoms with van der Waals surface area (Å²) in [7, 11) is 0. The summed E-state index contributed by atoms with van der Waals surface area (Å²) in [6, 6.07) is 0. The molecule has 0 saturated heterocycles. The Morgan fingerprint density at radius 3 is 0.910 bits per heavy atom. The number of ether oxygens (including phenoxy) is 3. The molecule has 1 atom stereocenters. The molecule has 0 fully saturated rings. The summed E-state index contributed by atoms with van der Waals surface area (Å²) in [6.45, 7) is 6.57. The second kappa shape index (κ2) is 55.7. The second-order valence-electron chi connectivity index (χ2n) is 19.2. The van der Waals surface area contributed by atoms with Crippen LogP contribution in [0.1, 0.15) is 290 Å². The lowest BCUT2D eigenvalue weighted by atomic mass is 10.1. The molecule has 0 aliphatic heterocycles. The number of esters is 3. The third kappa shape index (κ3) is 53.9. The van der Waals surface area contributed by atoms with Crippen molar-refractivity contribution in [1.82, 2.24) is 0 Å². The molecule has 1 unspecified atom stereocenters. The zero-order valence-corrected chi connectivity index (χ0v) is 44.4. The number of rotatable bonds is 52. The van der Waals surface area contributed by atoms with Gasteiger partial charge in [0.05, 0.1) is 0 Å². The van der Waals surface area contributed by atoms with Gasteiger partial charge in [-0.15, -0.1) is 0 Å². The lowest BCUT2D eigenvalue weighted by molar-refractivity contribution is -0.167. The van der Waals surface area contributed by atoms with Gasteiger partial charge in [-0.05, 0) is 103 Å². The van der Waals surface area contributed by atoms with Gasteiger partial charge < -0.3 is 14.2 Å². The topological polar surface area (TPSA) is 78.9 Å². The SMILES string of the molecule is CCCC/C=C\C/C=C\CCCCCCCC(=O)OCC(COC(=O)CCCCCCCCC/C=C\CCCCCCCCC)OC(=O)CCCCCCCCC/C=C\C/C=C\CCCCC. The first-order chi connectivity index (χ1) is 33.0. The molecule has 6 nitrogen and oxygen atoms in total. The van der Waals surface area contributed by atoms with E-state index in [9.17, 15) is 14.4 Å². The highest BCUT2D eigenvalue weighted by atomic mass is 16.6. The average molecular weight is 938 g/mol. The number of unbranched alkanes of at least 4 members (excludes halogenated alkanes) is 31. The highest BCUT2D eigenvalue weighted by Gasteiger charge is 2.19. The lowest BCUT2D eigenvalue weighted by Crippen LogP contribution is -2.30. The Hall–Kier alpha value is -2.89. The van der Waals surface area contributed by atoms with E-state index in [0.29, 0.717) is 19.3 Å². The summed E-state index contributed by atoms with van der Waals surface area (Å²) in [5.41, 5.74) is 0. The summed E-state index contributed by atoms with van der Waals surface area (Å²) in [5.74, 6) is -0.900. The molecule has 0 aromatic rings. The third-order valence-electron chi connectivity index (χ3n) is 12.5. The molecule has 0 N–H and O–H groups in total. The van der Waals surface area contributed by atoms with Crippen molar-refractivity contribution in [1.29, 1.82) is 0 Å². The first kappa shape index (κ1) is 64.1. The molecule has 67 heavy (non-hydrogen) atoms. The van der Waals surface area contributed by atoms with E-state index in [-0.39, 0.29) is 31.1 Å². The highest BCUT2D eigenvalue weighted by Crippen LogP contribution is 2.15. The average Bonchev–Trinajstić information content (AvgIpc) is 3.33. The van der Waals surface area contributed by atoms with E-state index < -0.39 is 6.10 Å². The molecule has 0 aliphatic carbocycles. The predicted octanol–water partition coefficient (Wildman–Crippen LogP) is 19.2. The first-order valence-electron chi connectivity index (χ1n) is 28.8. The number of carbonyl (C=O) groups is 3. The zero-order chi connectivity index (χ0) is 48.6. The van der Waals surface area contributed by atoms with Crippen LogP contribution in [0.3, 0.4) is 0 Å². The predicted molar refractivity (Wildman–Crippen MR) is 288 cm³/mol. The maximum atomic E-state index is 12.9. The van der Waals surface area contributed by atoms with E-state index in [2.05, 4.69) is 81.5 Å². The molecule has 0 rings (SSSR count). The van der Waals surface area contributed by atoms with Crippen LogP contribution in [0.15, 0.2) is 60.8 Å². The Morgan fingerprint density at radius 1 is 0.299 bits per heavy atom. The van der Waals surface area contributed by atoms with Crippen molar-refractivity contribution >= 4 is 17.9 Å². The minimum atomic E-state index is -0.786. The molecular formula is C61H108O6. The van der Waals surface area contributed by atoms with Crippen LogP contribution in [0.5, 0.6) is 0 Å². The molecule has 0 amide bonds. The Labute approximate surface area is 415 Å². The van der Waals surface area contributed by atoms with E-state index in [1.165, 1.54) is 161 Å². The van der Waals surface area contributed by atoms with Gasteiger partial charge in [0.2, 0.25) is 0 Å². The van der Waals surface area contributed by atoms with Crippen LogP contribution < -0.4 is 0 Å². The maximum Gasteiger partial charge on any atom is 0.306 e. The molecule has 0 aromatic heterocycles. The van der Waals surface area contributed by atoms with Crippen molar-refractivity contribution in [2.45, 2.75) is 297 Å². The molecule has 0 spiro atoms. The monoisotopic (exact) mass is 937 g/mol. The van der Waals surface area contributed by atoms with E-state index in [1.54, 1.807) is 0 Å². The number of hydrogen-bond acceptors (Lipinski definition) is 6. The van der Waals surface area contributed by atoms with Gasteiger partial charge in [0.15, 0.2) is 6.10 Å². The van der Waals surface area contributed by atoms with Crippen LogP contribution in [0.25, 0.3) is 0 Å². The van der Waals surface area contributed by atoms with Gasteiger partial charge in [0, 0.05) is 19.3 Å². The molecule has 0 aromatic carbocycles. The third-order valence-corrected chi connectivity index (χ3v) is 12.5. The summed E-state index contributed by atoms with van der Waals surface area (Å²) < 4.78 is 16.9. The normalized spacial score (nSPS) is 12.5. The minimum Gasteiger partial charge on any atom is -0.462 e. The van der Waals surface area contributed by atoms with E-state index in [1.807, 2.05) is 0 Å². The van der Waals surface area contributed by atoms with Gasteiger partial charge in [-0.25, -0.2) is 0 Å². The fourth-order valence-corrected chi connectivity index (χ4v) is 8.07. The molecular weight excluding hydrogens is 829 g/mol. The number of allylic oxidation sites excluding steroid dienone is 10. The summed E-state index contributed by atoms with van der Waals surface area (Å²) in [4.78, 5) is 38.1. The lowest BCUT2D eigenvalue weighted by Gasteiger charge is -2.18. The van der Waals surface area contributed by atoms with Crippen LogP contribution in [0.4, 0.5) is 0 Å². The molecule has 0 aliphatic rings. The van der Waals surface area contributed by atoms with Crippen LogP contribution in [0, 0.1) is 0 Å². The Kier molecular flexibility index (Phi) is 53.3. The maximum absolute atomic E-state index is 12.9. The number of hydrogen-bond donors (Lipinski definition) is 0. The van der Waals surface area contributed by atoms with Crippen LogP contribution in [-0.4, -0.2) is 37.2 Å². The van der Waals surface area contributed by atoms with Gasteiger partial charge in [0.25, 0.3) is 0 Å². The van der Waals surface area contributed by atoms with Crippen molar-refractivity contribution < 1.29 is 28.6 Å².